The van der Waals surface area contributed by atoms with Gasteiger partial charge in [-0.3, -0.25) is 4.57 Å². The topological polar surface area (TPSA) is 55.1 Å². The van der Waals surface area contributed by atoms with E-state index in [-0.39, 0.29) is 5.56 Å². The zero-order valence-corrected chi connectivity index (χ0v) is 11.6. The van der Waals surface area contributed by atoms with Gasteiger partial charge in [-0.05, 0) is 36.6 Å². The van der Waals surface area contributed by atoms with E-state index >= 15 is 0 Å². The number of hydrogen-bond acceptors (Lipinski definition) is 3. The molecule has 0 saturated heterocycles. The van der Waals surface area contributed by atoms with Gasteiger partial charge in [0.25, 0.3) is 0 Å². The highest BCUT2D eigenvalue weighted by Gasteiger charge is 2.11. The van der Waals surface area contributed by atoms with E-state index < -0.39 is 5.97 Å². The first kappa shape index (κ1) is 12.7. The molecule has 100 valence electrons. The zero-order chi connectivity index (χ0) is 14.1. The van der Waals surface area contributed by atoms with Crippen LogP contribution in [0.15, 0.2) is 53.7 Å². The lowest BCUT2D eigenvalue weighted by atomic mass is 10.2. The van der Waals surface area contributed by atoms with Crippen LogP contribution < -0.4 is 0 Å². The number of aromatic carboxylic acids is 1. The number of thioether (sulfide) groups is 1. The predicted octanol–water partition coefficient (Wildman–Crippen LogP) is 3.45. The number of para-hydroxylation sites is 1. The van der Waals surface area contributed by atoms with E-state index in [2.05, 4.69) is 4.98 Å². The van der Waals surface area contributed by atoms with Crippen LogP contribution in [0.3, 0.4) is 0 Å². The molecular weight excluding hydrogens is 272 g/mol. The molecule has 4 nitrogen and oxygen atoms in total. The first-order valence-electron chi connectivity index (χ1n) is 6.04. The summed E-state index contributed by atoms with van der Waals surface area (Å²) in [4.78, 5) is 16.6. The molecule has 0 saturated carbocycles. The fourth-order valence-corrected chi connectivity index (χ4v) is 2.75. The Balaban J connectivity index is 2.26. The van der Waals surface area contributed by atoms with Gasteiger partial charge in [-0.1, -0.05) is 12.1 Å². The highest BCUT2D eigenvalue weighted by Crippen LogP contribution is 2.27. The molecule has 1 heterocycles. The van der Waals surface area contributed by atoms with Gasteiger partial charge < -0.3 is 5.11 Å². The van der Waals surface area contributed by atoms with Crippen molar-refractivity contribution >= 4 is 28.8 Å². The number of carboxylic acid groups (broad SMARTS) is 1. The molecule has 0 aliphatic heterocycles. The molecule has 0 unspecified atom stereocenters. The highest BCUT2D eigenvalue weighted by molar-refractivity contribution is 7.98. The van der Waals surface area contributed by atoms with Gasteiger partial charge in [-0.15, -0.1) is 11.8 Å². The van der Waals surface area contributed by atoms with Crippen LogP contribution in [0.2, 0.25) is 0 Å². The van der Waals surface area contributed by atoms with E-state index in [9.17, 15) is 4.79 Å². The SMILES string of the molecule is CSc1ccccc1-n1cnc2ccc(C(=O)O)cc21. The second kappa shape index (κ2) is 5.02. The molecule has 0 spiro atoms. The second-order valence-electron chi connectivity index (χ2n) is 4.30. The van der Waals surface area contributed by atoms with Crippen LogP contribution in [-0.2, 0) is 0 Å². The smallest absolute Gasteiger partial charge is 0.335 e. The lowest BCUT2D eigenvalue weighted by molar-refractivity contribution is 0.0697. The quantitative estimate of drug-likeness (QED) is 0.748. The van der Waals surface area contributed by atoms with Crippen LogP contribution >= 0.6 is 11.8 Å². The highest BCUT2D eigenvalue weighted by atomic mass is 32.2. The lowest BCUT2D eigenvalue weighted by Gasteiger charge is -2.09. The summed E-state index contributed by atoms with van der Waals surface area (Å²) in [5, 5.41) is 9.11. The van der Waals surface area contributed by atoms with Gasteiger partial charge in [0, 0.05) is 4.90 Å². The van der Waals surface area contributed by atoms with Crippen molar-refractivity contribution in [2.75, 3.05) is 6.26 Å². The van der Waals surface area contributed by atoms with Gasteiger partial charge in [0.15, 0.2) is 0 Å². The van der Waals surface area contributed by atoms with Gasteiger partial charge in [-0.25, -0.2) is 9.78 Å². The number of fused-ring (bicyclic) bond motifs is 1. The molecule has 2 aromatic carbocycles. The van der Waals surface area contributed by atoms with Crippen molar-refractivity contribution in [2.45, 2.75) is 4.90 Å². The maximum absolute atomic E-state index is 11.1. The summed E-state index contributed by atoms with van der Waals surface area (Å²) < 4.78 is 1.92. The first-order chi connectivity index (χ1) is 9.70. The van der Waals surface area contributed by atoms with E-state index in [1.54, 1.807) is 36.3 Å². The van der Waals surface area contributed by atoms with Crippen molar-refractivity contribution < 1.29 is 9.90 Å². The third-order valence-corrected chi connectivity index (χ3v) is 3.92. The van der Waals surface area contributed by atoms with E-state index in [4.69, 9.17) is 5.11 Å². The van der Waals surface area contributed by atoms with Crippen molar-refractivity contribution in [3.05, 3.63) is 54.4 Å². The van der Waals surface area contributed by atoms with Gasteiger partial charge in [0.05, 0.1) is 22.3 Å². The van der Waals surface area contributed by atoms with Gasteiger partial charge >= 0.3 is 5.97 Å². The van der Waals surface area contributed by atoms with Crippen molar-refractivity contribution in [1.29, 1.82) is 0 Å². The third-order valence-electron chi connectivity index (χ3n) is 3.14. The maximum atomic E-state index is 11.1. The van der Waals surface area contributed by atoms with Crippen molar-refractivity contribution in [2.24, 2.45) is 0 Å². The van der Waals surface area contributed by atoms with Crippen molar-refractivity contribution in [1.82, 2.24) is 9.55 Å². The Morgan fingerprint density at radius 3 is 2.80 bits per heavy atom. The minimum Gasteiger partial charge on any atom is -0.478 e. The number of carboxylic acids is 1. The Kier molecular flexibility index (Phi) is 3.20. The summed E-state index contributed by atoms with van der Waals surface area (Å²) in [6, 6.07) is 12.9. The summed E-state index contributed by atoms with van der Waals surface area (Å²) in [6.45, 7) is 0. The predicted molar refractivity (Wildman–Crippen MR) is 79.8 cm³/mol. The Morgan fingerprint density at radius 1 is 1.25 bits per heavy atom. The molecule has 0 radical (unpaired) electrons. The molecule has 0 bridgehead atoms. The first-order valence-corrected chi connectivity index (χ1v) is 7.27. The Hall–Kier alpha value is -2.27. The maximum Gasteiger partial charge on any atom is 0.335 e. The Labute approximate surface area is 120 Å². The number of imidazole rings is 1. The minimum absolute atomic E-state index is 0.265. The molecule has 1 N–H and O–H groups in total. The number of benzene rings is 2. The summed E-state index contributed by atoms with van der Waals surface area (Å²) in [5.41, 5.74) is 2.85. The summed E-state index contributed by atoms with van der Waals surface area (Å²) in [6.07, 6.45) is 3.74. The van der Waals surface area contributed by atoms with Crippen molar-refractivity contribution in [3.63, 3.8) is 0 Å². The number of aromatic nitrogens is 2. The van der Waals surface area contributed by atoms with E-state index in [1.807, 2.05) is 35.1 Å². The zero-order valence-electron chi connectivity index (χ0n) is 10.8. The van der Waals surface area contributed by atoms with Gasteiger partial charge in [0.1, 0.15) is 6.33 Å². The lowest BCUT2D eigenvalue weighted by Crippen LogP contribution is -1.98. The Morgan fingerprint density at radius 2 is 2.05 bits per heavy atom. The van der Waals surface area contributed by atoms with E-state index in [0.29, 0.717) is 0 Å². The molecule has 0 aliphatic carbocycles. The number of carbonyl (C=O) groups is 1. The molecular formula is C15H12N2O2S. The second-order valence-corrected chi connectivity index (χ2v) is 5.14. The molecule has 0 aliphatic rings. The molecule has 5 heteroatoms. The summed E-state index contributed by atoms with van der Waals surface area (Å²) in [5.74, 6) is -0.933. The normalized spacial score (nSPS) is 10.8. The van der Waals surface area contributed by atoms with Gasteiger partial charge in [-0.2, -0.15) is 0 Å². The van der Waals surface area contributed by atoms with Crippen molar-refractivity contribution in [3.8, 4) is 5.69 Å². The molecule has 0 atom stereocenters. The Bertz CT molecular complexity index is 795. The van der Waals surface area contributed by atoms with E-state index in [0.717, 1.165) is 21.6 Å². The van der Waals surface area contributed by atoms with Crippen LogP contribution in [-0.4, -0.2) is 26.9 Å². The average molecular weight is 284 g/mol. The molecule has 0 amide bonds. The monoisotopic (exact) mass is 284 g/mol. The number of hydrogen-bond donors (Lipinski definition) is 1. The van der Waals surface area contributed by atoms with E-state index in [1.165, 1.54) is 0 Å². The van der Waals surface area contributed by atoms with Crippen LogP contribution in [0, 0.1) is 0 Å². The molecule has 0 fully saturated rings. The summed E-state index contributed by atoms with van der Waals surface area (Å²) >= 11 is 1.65. The summed E-state index contributed by atoms with van der Waals surface area (Å²) in [7, 11) is 0. The largest absolute Gasteiger partial charge is 0.478 e. The third kappa shape index (κ3) is 2.06. The van der Waals surface area contributed by atoms with Gasteiger partial charge in [0.2, 0.25) is 0 Å². The molecule has 3 rings (SSSR count). The van der Waals surface area contributed by atoms with Crippen LogP contribution in [0.25, 0.3) is 16.7 Å². The minimum atomic E-state index is -0.933. The standard InChI is InChI=1S/C15H12N2O2S/c1-20-14-5-3-2-4-12(14)17-9-16-11-7-6-10(15(18)19)8-13(11)17/h2-9H,1H3,(H,18,19). The molecule has 20 heavy (non-hydrogen) atoms. The van der Waals surface area contributed by atoms with Crippen LogP contribution in [0.5, 0.6) is 0 Å². The van der Waals surface area contributed by atoms with Crippen LogP contribution in [0.4, 0.5) is 0 Å². The molecule has 1 aromatic heterocycles. The van der Waals surface area contributed by atoms with Crippen LogP contribution in [0.1, 0.15) is 10.4 Å². The fourth-order valence-electron chi connectivity index (χ4n) is 2.16. The fraction of sp³-hybridized carbons (Fsp3) is 0.0667. The number of rotatable bonds is 3. The molecule has 3 aromatic rings. The average Bonchev–Trinajstić information content (AvgIpc) is 2.89. The number of nitrogens with zero attached hydrogens (tertiary/aromatic N) is 2.